The maximum Gasteiger partial charge on any atom is -0.0235 e. The fourth-order valence-corrected chi connectivity index (χ4v) is 1.57. The molecule has 0 heterocycles. The van der Waals surface area contributed by atoms with Gasteiger partial charge in [-0.25, -0.2) is 0 Å². The second-order valence-electron chi connectivity index (χ2n) is 3.34. The highest BCUT2D eigenvalue weighted by molar-refractivity contribution is 5.53. The summed E-state index contributed by atoms with van der Waals surface area (Å²) in [7, 11) is 0. The van der Waals surface area contributed by atoms with Gasteiger partial charge in [-0.2, -0.15) is 0 Å². The normalized spacial score (nSPS) is 14.4. The lowest BCUT2D eigenvalue weighted by atomic mass is 9.87. The summed E-state index contributed by atoms with van der Waals surface area (Å²) in [5.41, 5.74) is 4.45. The van der Waals surface area contributed by atoms with Crippen LogP contribution in [0.1, 0.15) is 30.0 Å². The molecule has 12 heavy (non-hydrogen) atoms. The van der Waals surface area contributed by atoms with Gasteiger partial charge in [0.2, 0.25) is 0 Å². The summed E-state index contributed by atoms with van der Waals surface area (Å²) in [6.45, 7) is 2.16. The van der Waals surface area contributed by atoms with Crippen molar-refractivity contribution in [3.8, 4) is 0 Å². The predicted octanol–water partition coefficient (Wildman–Crippen LogP) is 3.21. The molecular weight excluding hydrogens is 144 g/mol. The van der Waals surface area contributed by atoms with E-state index >= 15 is 0 Å². The van der Waals surface area contributed by atoms with Crippen LogP contribution in [0.4, 0.5) is 0 Å². The lowest BCUT2D eigenvalue weighted by molar-refractivity contribution is 0.839. The van der Waals surface area contributed by atoms with E-state index in [1.165, 1.54) is 18.4 Å². The van der Waals surface area contributed by atoms with Crippen LogP contribution in [0, 0.1) is 0 Å². The molecule has 0 fully saturated rings. The van der Waals surface area contributed by atoms with Gasteiger partial charge in [-0.15, -0.1) is 0 Å². The van der Waals surface area contributed by atoms with E-state index in [1.54, 1.807) is 11.1 Å². The first-order chi connectivity index (χ1) is 5.90. The first-order valence-electron chi connectivity index (χ1n) is 4.68. The SMILES string of the molecule is CC/C=C/c1ccc2c(c1)CC2. The Morgan fingerprint density at radius 3 is 2.67 bits per heavy atom. The van der Waals surface area contributed by atoms with Gasteiger partial charge in [-0.05, 0) is 36.0 Å². The highest BCUT2D eigenvalue weighted by Crippen LogP contribution is 2.23. The van der Waals surface area contributed by atoms with Crippen LogP contribution in [-0.4, -0.2) is 0 Å². The monoisotopic (exact) mass is 158 g/mol. The third kappa shape index (κ3) is 1.29. The zero-order chi connectivity index (χ0) is 8.39. The minimum atomic E-state index is 1.12. The smallest absolute Gasteiger partial charge is 0.0235 e. The Morgan fingerprint density at radius 2 is 2.08 bits per heavy atom. The first-order valence-corrected chi connectivity index (χ1v) is 4.68. The summed E-state index contributed by atoms with van der Waals surface area (Å²) < 4.78 is 0. The van der Waals surface area contributed by atoms with Crippen molar-refractivity contribution in [1.82, 2.24) is 0 Å². The van der Waals surface area contributed by atoms with Crippen molar-refractivity contribution in [2.24, 2.45) is 0 Å². The van der Waals surface area contributed by atoms with Crippen molar-refractivity contribution in [1.29, 1.82) is 0 Å². The topological polar surface area (TPSA) is 0 Å². The quantitative estimate of drug-likeness (QED) is 0.620. The molecule has 0 atom stereocenters. The molecule has 0 unspecified atom stereocenters. The van der Waals surface area contributed by atoms with Gasteiger partial charge in [0.1, 0.15) is 0 Å². The van der Waals surface area contributed by atoms with E-state index in [1.807, 2.05) is 0 Å². The van der Waals surface area contributed by atoms with Crippen molar-refractivity contribution >= 4 is 6.08 Å². The molecule has 1 aromatic rings. The van der Waals surface area contributed by atoms with Gasteiger partial charge in [0, 0.05) is 0 Å². The second kappa shape index (κ2) is 3.14. The van der Waals surface area contributed by atoms with E-state index in [0.717, 1.165) is 6.42 Å². The average Bonchev–Trinajstić information content (AvgIpc) is 2.05. The lowest BCUT2D eigenvalue weighted by Gasteiger charge is -2.18. The second-order valence-corrected chi connectivity index (χ2v) is 3.34. The molecule has 0 aromatic heterocycles. The highest BCUT2D eigenvalue weighted by Gasteiger charge is 2.11. The summed E-state index contributed by atoms with van der Waals surface area (Å²) in [6, 6.07) is 6.78. The van der Waals surface area contributed by atoms with Crippen molar-refractivity contribution in [3.05, 3.63) is 41.0 Å². The molecule has 0 bridgehead atoms. The molecule has 0 nitrogen and oxygen atoms in total. The molecule has 0 amide bonds. The van der Waals surface area contributed by atoms with Crippen molar-refractivity contribution in [2.45, 2.75) is 26.2 Å². The van der Waals surface area contributed by atoms with Gasteiger partial charge in [0.15, 0.2) is 0 Å². The van der Waals surface area contributed by atoms with Gasteiger partial charge in [0.25, 0.3) is 0 Å². The van der Waals surface area contributed by atoms with E-state index in [4.69, 9.17) is 0 Å². The fourth-order valence-electron chi connectivity index (χ4n) is 1.57. The molecule has 1 aliphatic carbocycles. The Labute approximate surface area is 73.9 Å². The van der Waals surface area contributed by atoms with Crippen molar-refractivity contribution in [3.63, 3.8) is 0 Å². The Hall–Kier alpha value is -1.04. The molecule has 0 aliphatic heterocycles. The molecule has 2 rings (SSSR count). The van der Waals surface area contributed by atoms with E-state index in [2.05, 4.69) is 37.3 Å². The molecule has 0 N–H and O–H groups in total. The molecular formula is C12H14. The van der Waals surface area contributed by atoms with Crippen LogP contribution in [0.5, 0.6) is 0 Å². The summed E-state index contributed by atoms with van der Waals surface area (Å²) in [6.07, 6.45) is 8.10. The summed E-state index contributed by atoms with van der Waals surface area (Å²) in [5.74, 6) is 0. The third-order valence-electron chi connectivity index (χ3n) is 2.44. The van der Waals surface area contributed by atoms with Crippen LogP contribution in [0.2, 0.25) is 0 Å². The maximum atomic E-state index is 2.31. The van der Waals surface area contributed by atoms with Crippen LogP contribution in [0.25, 0.3) is 6.08 Å². The Kier molecular flexibility index (Phi) is 1.99. The molecule has 0 radical (unpaired) electrons. The third-order valence-corrected chi connectivity index (χ3v) is 2.44. The zero-order valence-electron chi connectivity index (χ0n) is 7.51. The van der Waals surface area contributed by atoms with Crippen LogP contribution in [0.3, 0.4) is 0 Å². The number of allylic oxidation sites excluding steroid dienone is 1. The largest absolute Gasteiger partial charge is 0.0842 e. The van der Waals surface area contributed by atoms with Gasteiger partial charge < -0.3 is 0 Å². The summed E-state index contributed by atoms with van der Waals surface area (Å²) in [4.78, 5) is 0. The first kappa shape index (κ1) is 7.60. The number of hydrogen-bond acceptors (Lipinski definition) is 0. The van der Waals surface area contributed by atoms with E-state index < -0.39 is 0 Å². The number of rotatable bonds is 2. The van der Waals surface area contributed by atoms with Crippen molar-refractivity contribution < 1.29 is 0 Å². The van der Waals surface area contributed by atoms with Gasteiger partial charge >= 0.3 is 0 Å². The van der Waals surface area contributed by atoms with Crippen molar-refractivity contribution in [2.75, 3.05) is 0 Å². The Bertz CT molecular complexity index is 308. The number of benzene rings is 1. The van der Waals surface area contributed by atoms with Crippen LogP contribution in [-0.2, 0) is 12.8 Å². The molecule has 62 valence electrons. The van der Waals surface area contributed by atoms with E-state index in [0.29, 0.717) is 0 Å². The average molecular weight is 158 g/mol. The van der Waals surface area contributed by atoms with Gasteiger partial charge in [0.05, 0.1) is 0 Å². The van der Waals surface area contributed by atoms with Crippen LogP contribution in [0.15, 0.2) is 24.3 Å². The Morgan fingerprint density at radius 1 is 1.25 bits per heavy atom. The molecule has 0 heteroatoms. The fraction of sp³-hybridized carbons (Fsp3) is 0.333. The van der Waals surface area contributed by atoms with Crippen LogP contribution < -0.4 is 0 Å². The highest BCUT2D eigenvalue weighted by atomic mass is 14.2. The summed E-state index contributed by atoms with van der Waals surface area (Å²) in [5, 5.41) is 0. The number of fused-ring (bicyclic) bond motifs is 1. The van der Waals surface area contributed by atoms with Gasteiger partial charge in [-0.3, -0.25) is 0 Å². The van der Waals surface area contributed by atoms with Gasteiger partial charge in [-0.1, -0.05) is 37.3 Å². The molecule has 1 aromatic carbocycles. The maximum absolute atomic E-state index is 2.31. The Balaban J connectivity index is 2.23. The zero-order valence-corrected chi connectivity index (χ0v) is 7.51. The summed E-state index contributed by atoms with van der Waals surface area (Å²) >= 11 is 0. The van der Waals surface area contributed by atoms with Crippen LogP contribution >= 0.6 is 0 Å². The number of aryl methyl sites for hydroxylation is 2. The predicted molar refractivity (Wildman–Crippen MR) is 53.2 cm³/mol. The minimum Gasteiger partial charge on any atom is -0.0842 e. The minimum absolute atomic E-state index is 1.12. The lowest BCUT2D eigenvalue weighted by Crippen LogP contribution is -2.07. The standard InChI is InChI=1S/C12H14/c1-2-3-4-10-5-6-11-7-8-12(11)9-10/h3-6,9H,2,7-8H2,1H3/b4-3+. The molecule has 0 saturated heterocycles. The molecule has 0 spiro atoms. The van der Waals surface area contributed by atoms with E-state index in [-0.39, 0.29) is 0 Å². The van der Waals surface area contributed by atoms with E-state index in [9.17, 15) is 0 Å². The molecule has 0 saturated carbocycles. The molecule has 1 aliphatic rings. The number of hydrogen-bond donors (Lipinski definition) is 0.